The van der Waals surface area contributed by atoms with Gasteiger partial charge in [-0.15, -0.1) is 0 Å². The van der Waals surface area contributed by atoms with Crippen molar-refractivity contribution in [3.63, 3.8) is 0 Å². The van der Waals surface area contributed by atoms with E-state index in [1.165, 1.54) is 0 Å². The third-order valence-electron chi connectivity index (χ3n) is 3.46. The molecule has 0 aliphatic carbocycles. The molecule has 1 aliphatic heterocycles. The Hall–Kier alpha value is -2.14. The molecule has 0 atom stereocenters. The highest BCUT2D eigenvalue weighted by Gasteiger charge is 2.22. The molecule has 1 aromatic heterocycles. The van der Waals surface area contributed by atoms with Crippen molar-refractivity contribution in [1.82, 2.24) is 14.9 Å². The second-order valence-electron chi connectivity index (χ2n) is 4.97. The van der Waals surface area contributed by atoms with Crippen molar-refractivity contribution in [3.8, 4) is 0 Å². The maximum absolute atomic E-state index is 12.3. The number of amides is 2. The molecule has 0 radical (unpaired) electrons. The van der Waals surface area contributed by atoms with E-state index in [0.717, 1.165) is 23.5 Å². The Balaban J connectivity index is 1.73. The van der Waals surface area contributed by atoms with Gasteiger partial charge >= 0.3 is 6.03 Å². The Morgan fingerprint density at radius 1 is 1.38 bits per heavy atom. The quantitative estimate of drug-likeness (QED) is 0.881. The van der Waals surface area contributed by atoms with E-state index in [4.69, 9.17) is 11.6 Å². The van der Waals surface area contributed by atoms with E-state index in [1.807, 2.05) is 19.1 Å². The number of nitrogens with one attached hydrogen (secondary N) is 1. The molecule has 0 bridgehead atoms. The van der Waals surface area contributed by atoms with E-state index in [9.17, 15) is 4.79 Å². The Morgan fingerprint density at radius 2 is 2.19 bits per heavy atom. The molecule has 0 spiro atoms. The number of carbonyl (C=O) groups is 1. The average Bonchev–Trinajstić information content (AvgIpc) is 2.49. The minimum atomic E-state index is -0.158. The Morgan fingerprint density at radius 3 is 3.00 bits per heavy atom. The van der Waals surface area contributed by atoms with E-state index >= 15 is 0 Å². The predicted molar refractivity (Wildman–Crippen MR) is 81.4 cm³/mol. The highest BCUT2D eigenvalue weighted by molar-refractivity contribution is 6.33. The van der Waals surface area contributed by atoms with Gasteiger partial charge in [0.25, 0.3) is 0 Å². The number of para-hydroxylation sites is 1. The summed E-state index contributed by atoms with van der Waals surface area (Å²) in [6, 6.07) is 7.04. The number of halogens is 1. The van der Waals surface area contributed by atoms with Gasteiger partial charge in [0.15, 0.2) is 0 Å². The minimum Gasteiger partial charge on any atom is -0.320 e. The number of hydrogen-bond donors (Lipinski definition) is 1. The first-order valence-corrected chi connectivity index (χ1v) is 7.13. The van der Waals surface area contributed by atoms with Crippen molar-refractivity contribution < 1.29 is 4.79 Å². The first kappa shape index (κ1) is 13.8. The standard InChI is InChI=1S/C15H15ClN4O/c1-10-17-8-11-9-20(7-6-13(11)18-10)15(21)19-14-5-3-2-4-12(14)16/h2-5,8H,6-7,9H2,1H3,(H,19,21). The maximum atomic E-state index is 12.3. The van der Waals surface area contributed by atoms with Crippen LogP contribution in [0.15, 0.2) is 30.5 Å². The summed E-state index contributed by atoms with van der Waals surface area (Å²) >= 11 is 6.05. The van der Waals surface area contributed by atoms with Crippen LogP contribution in [0.5, 0.6) is 0 Å². The fourth-order valence-corrected chi connectivity index (χ4v) is 2.53. The first-order chi connectivity index (χ1) is 10.1. The zero-order chi connectivity index (χ0) is 14.8. The average molecular weight is 303 g/mol. The summed E-state index contributed by atoms with van der Waals surface area (Å²) in [5, 5.41) is 3.37. The number of anilines is 1. The smallest absolute Gasteiger partial charge is 0.320 e. The van der Waals surface area contributed by atoms with E-state index in [-0.39, 0.29) is 6.03 Å². The van der Waals surface area contributed by atoms with Crippen LogP contribution in [-0.2, 0) is 13.0 Å². The molecule has 3 rings (SSSR count). The molecule has 2 aromatic rings. The number of hydrogen-bond acceptors (Lipinski definition) is 3. The van der Waals surface area contributed by atoms with Crippen LogP contribution in [0.1, 0.15) is 17.1 Å². The molecule has 0 saturated carbocycles. The van der Waals surface area contributed by atoms with E-state index in [1.54, 1.807) is 23.2 Å². The van der Waals surface area contributed by atoms with Crippen LogP contribution in [0.3, 0.4) is 0 Å². The van der Waals surface area contributed by atoms with Crippen molar-refractivity contribution in [2.24, 2.45) is 0 Å². The van der Waals surface area contributed by atoms with Crippen molar-refractivity contribution >= 4 is 23.3 Å². The molecule has 108 valence electrons. The minimum absolute atomic E-state index is 0.158. The van der Waals surface area contributed by atoms with E-state index in [0.29, 0.717) is 23.8 Å². The van der Waals surface area contributed by atoms with Crippen molar-refractivity contribution in [1.29, 1.82) is 0 Å². The van der Waals surface area contributed by atoms with Crippen molar-refractivity contribution in [2.75, 3.05) is 11.9 Å². The lowest BCUT2D eigenvalue weighted by Crippen LogP contribution is -2.39. The van der Waals surface area contributed by atoms with Crippen LogP contribution < -0.4 is 5.32 Å². The monoisotopic (exact) mass is 302 g/mol. The van der Waals surface area contributed by atoms with Gasteiger partial charge in [0.05, 0.1) is 22.9 Å². The van der Waals surface area contributed by atoms with Crippen LogP contribution in [0.25, 0.3) is 0 Å². The molecule has 1 aromatic carbocycles. The number of nitrogens with zero attached hydrogens (tertiary/aromatic N) is 3. The Kier molecular flexibility index (Phi) is 3.75. The summed E-state index contributed by atoms with van der Waals surface area (Å²) in [7, 11) is 0. The summed E-state index contributed by atoms with van der Waals surface area (Å²) in [5.74, 6) is 0.766. The van der Waals surface area contributed by atoms with Crippen molar-refractivity contribution in [3.05, 3.63) is 52.6 Å². The first-order valence-electron chi connectivity index (χ1n) is 6.75. The van der Waals surface area contributed by atoms with Gasteiger partial charge in [-0.3, -0.25) is 0 Å². The van der Waals surface area contributed by atoms with Gasteiger partial charge in [0, 0.05) is 24.7 Å². The zero-order valence-electron chi connectivity index (χ0n) is 11.6. The van der Waals surface area contributed by atoms with Gasteiger partial charge in [0.1, 0.15) is 5.82 Å². The van der Waals surface area contributed by atoms with Crippen LogP contribution in [0.2, 0.25) is 5.02 Å². The molecule has 1 N–H and O–H groups in total. The van der Waals surface area contributed by atoms with E-state index in [2.05, 4.69) is 15.3 Å². The predicted octanol–water partition coefficient (Wildman–Crippen LogP) is 3.03. The fourth-order valence-electron chi connectivity index (χ4n) is 2.35. The largest absolute Gasteiger partial charge is 0.322 e. The number of urea groups is 1. The van der Waals surface area contributed by atoms with Crippen molar-refractivity contribution in [2.45, 2.75) is 19.9 Å². The zero-order valence-corrected chi connectivity index (χ0v) is 12.4. The number of aryl methyl sites for hydroxylation is 1. The molecule has 0 fully saturated rings. The Bertz CT molecular complexity index is 689. The van der Waals surface area contributed by atoms with E-state index < -0.39 is 0 Å². The third-order valence-corrected chi connectivity index (χ3v) is 3.79. The SMILES string of the molecule is Cc1ncc2c(n1)CCN(C(=O)Nc1ccccc1Cl)C2. The second-order valence-corrected chi connectivity index (χ2v) is 5.38. The Labute approximate surface area is 128 Å². The molecule has 5 nitrogen and oxygen atoms in total. The molecule has 1 aliphatic rings. The van der Waals surface area contributed by atoms with Gasteiger partial charge in [-0.05, 0) is 19.1 Å². The molecule has 2 amide bonds. The highest BCUT2D eigenvalue weighted by atomic mass is 35.5. The van der Waals surface area contributed by atoms with Gasteiger partial charge in [0.2, 0.25) is 0 Å². The van der Waals surface area contributed by atoms with Crippen LogP contribution in [0.4, 0.5) is 10.5 Å². The highest BCUT2D eigenvalue weighted by Crippen LogP contribution is 2.22. The molecule has 0 saturated heterocycles. The van der Waals surface area contributed by atoms with Gasteiger partial charge in [-0.2, -0.15) is 0 Å². The van der Waals surface area contributed by atoms with Gasteiger partial charge in [-0.1, -0.05) is 23.7 Å². The number of aromatic nitrogens is 2. The third kappa shape index (κ3) is 2.97. The second kappa shape index (κ2) is 5.69. The summed E-state index contributed by atoms with van der Waals surface area (Å²) < 4.78 is 0. The van der Waals surface area contributed by atoms with Gasteiger partial charge < -0.3 is 10.2 Å². The van der Waals surface area contributed by atoms with Crippen LogP contribution in [0, 0.1) is 6.92 Å². The summed E-state index contributed by atoms with van der Waals surface area (Å²) in [4.78, 5) is 22.7. The lowest BCUT2D eigenvalue weighted by molar-refractivity contribution is 0.205. The summed E-state index contributed by atoms with van der Waals surface area (Å²) in [6.45, 7) is 3.03. The number of rotatable bonds is 1. The molecule has 21 heavy (non-hydrogen) atoms. The molecular weight excluding hydrogens is 288 g/mol. The number of benzene rings is 1. The molecule has 0 unspecified atom stereocenters. The summed E-state index contributed by atoms with van der Waals surface area (Å²) in [5.41, 5.74) is 2.65. The normalized spacial score (nSPS) is 13.7. The van der Waals surface area contributed by atoms with Crippen LogP contribution in [-0.4, -0.2) is 27.4 Å². The topological polar surface area (TPSA) is 58.1 Å². The fraction of sp³-hybridized carbons (Fsp3) is 0.267. The number of fused-ring (bicyclic) bond motifs is 1. The molecular formula is C15H15ClN4O. The lowest BCUT2D eigenvalue weighted by atomic mass is 10.1. The lowest BCUT2D eigenvalue weighted by Gasteiger charge is -2.28. The number of carbonyl (C=O) groups excluding carboxylic acids is 1. The van der Waals surface area contributed by atoms with Crippen LogP contribution >= 0.6 is 11.6 Å². The maximum Gasteiger partial charge on any atom is 0.322 e. The molecule has 2 heterocycles. The van der Waals surface area contributed by atoms with Gasteiger partial charge in [-0.25, -0.2) is 14.8 Å². The molecule has 6 heteroatoms. The summed E-state index contributed by atoms with van der Waals surface area (Å²) in [6.07, 6.45) is 2.54.